The van der Waals surface area contributed by atoms with Crippen LogP contribution in [0.5, 0.6) is 0 Å². The van der Waals surface area contributed by atoms with E-state index in [9.17, 15) is 0 Å². The molecule has 0 heterocycles. The average molecular weight is 381 g/mol. The van der Waals surface area contributed by atoms with Crippen LogP contribution in [0.15, 0.2) is 103 Å². The van der Waals surface area contributed by atoms with Crippen molar-refractivity contribution in [3.05, 3.63) is 120 Å². The molecule has 0 amide bonds. The highest BCUT2D eigenvalue weighted by Crippen LogP contribution is 2.21. The Morgan fingerprint density at radius 2 is 0.793 bits per heavy atom. The van der Waals surface area contributed by atoms with Gasteiger partial charge < -0.3 is 0 Å². The molecule has 4 aromatic carbocycles. The molecule has 0 aromatic heterocycles. The second-order valence-corrected chi connectivity index (χ2v) is 6.90. The smallest absolute Gasteiger partial charge is 0.0181 e. The van der Waals surface area contributed by atoms with E-state index in [1.54, 1.807) is 0 Å². The Morgan fingerprint density at radius 1 is 0.379 bits per heavy atom. The van der Waals surface area contributed by atoms with Crippen LogP contribution in [0, 0.1) is 20.8 Å². The Labute approximate surface area is 176 Å². The van der Waals surface area contributed by atoms with E-state index in [1.807, 2.05) is 26.0 Å². The van der Waals surface area contributed by atoms with E-state index >= 15 is 0 Å². The molecule has 0 unspecified atom stereocenters. The molecule has 0 spiro atoms. The zero-order valence-corrected chi connectivity index (χ0v) is 18.3. The largest absolute Gasteiger partial charge is 0.0683 e. The molecule has 0 aliphatic carbocycles. The van der Waals surface area contributed by atoms with Crippen LogP contribution < -0.4 is 0 Å². The van der Waals surface area contributed by atoms with Crippen molar-refractivity contribution in [2.75, 3.05) is 0 Å². The van der Waals surface area contributed by atoms with E-state index < -0.39 is 0 Å². The first-order valence-corrected chi connectivity index (χ1v) is 10.4. The first kappa shape index (κ1) is 22.2. The number of aryl methyl sites for hydroxylation is 3. The van der Waals surface area contributed by atoms with Gasteiger partial charge in [0.15, 0.2) is 0 Å². The van der Waals surface area contributed by atoms with Gasteiger partial charge in [-0.25, -0.2) is 0 Å². The summed E-state index contributed by atoms with van der Waals surface area (Å²) in [4.78, 5) is 0. The lowest BCUT2D eigenvalue weighted by Crippen LogP contribution is -1.82. The van der Waals surface area contributed by atoms with E-state index in [4.69, 9.17) is 0 Å². The van der Waals surface area contributed by atoms with E-state index in [0.717, 1.165) is 0 Å². The van der Waals surface area contributed by atoms with E-state index in [-0.39, 0.29) is 0 Å². The van der Waals surface area contributed by atoms with Gasteiger partial charge in [0.05, 0.1) is 0 Å². The zero-order valence-electron chi connectivity index (χ0n) is 18.3. The average Bonchev–Trinajstić information content (AvgIpc) is 2.79. The Bertz CT molecular complexity index is 965. The molecule has 0 aliphatic rings. The van der Waals surface area contributed by atoms with Crippen LogP contribution in [0.25, 0.3) is 22.3 Å². The molecule has 0 saturated heterocycles. The Morgan fingerprint density at radius 3 is 1.28 bits per heavy atom. The van der Waals surface area contributed by atoms with Gasteiger partial charge in [0.1, 0.15) is 0 Å². The lowest BCUT2D eigenvalue weighted by Gasteiger charge is -2.04. The van der Waals surface area contributed by atoms with Crippen LogP contribution in [-0.2, 0) is 0 Å². The summed E-state index contributed by atoms with van der Waals surface area (Å²) in [6, 6.07) is 36.1. The molecule has 4 rings (SSSR count). The van der Waals surface area contributed by atoms with E-state index in [2.05, 4.69) is 112 Å². The molecular weight excluding hydrogens is 348 g/mol. The third-order valence-electron chi connectivity index (χ3n) is 4.77. The third kappa shape index (κ3) is 6.76. The highest BCUT2D eigenvalue weighted by atomic mass is 14.0. The number of hydrogen-bond donors (Lipinski definition) is 0. The first-order chi connectivity index (χ1) is 14.1. The van der Waals surface area contributed by atoms with E-state index in [0.29, 0.717) is 0 Å². The maximum atomic E-state index is 2.24. The molecular formula is C29H32. The summed E-state index contributed by atoms with van der Waals surface area (Å²) in [5.41, 5.74) is 9.16. The predicted molar refractivity (Wildman–Crippen MR) is 129 cm³/mol. The quantitative estimate of drug-likeness (QED) is 0.326. The van der Waals surface area contributed by atoms with Crippen molar-refractivity contribution in [2.45, 2.75) is 34.6 Å². The molecule has 0 atom stereocenters. The van der Waals surface area contributed by atoms with Crippen molar-refractivity contribution in [1.82, 2.24) is 0 Å². The molecule has 0 N–H and O–H groups in total. The summed E-state index contributed by atoms with van der Waals surface area (Å²) in [5, 5.41) is 0. The Kier molecular flexibility index (Phi) is 8.92. The Balaban J connectivity index is 0.000000191. The lowest BCUT2D eigenvalue weighted by molar-refractivity contribution is 1.34. The third-order valence-corrected chi connectivity index (χ3v) is 4.77. The van der Waals surface area contributed by atoms with Crippen LogP contribution in [0.1, 0.15) is 30.5 Å². The molecule has 0 radical (unpaired) electrons. The predicted octanol–water partition coefficient (Wildman–Crippen LogP) is 8.66. The normalized spacial score (nSPS) is 9.55. The van der Waals surface area contributed by atoms with Gasteiger partial charge in [0, 0.05) is 0 Å². The molecule has 0 nitrogen and oxygen atoms in total. The summed E-state index contributed by atoms with van der Waals surface area (Å²) >= 11 is 0. The first-order valence-electron chi connectivity index (χ1n) is 10.4. The van der Waals surface area contributed by atoms with Crippen molar-refractivity contribution >= 4 is 0 Å². The monoisotopic (exact) mass is 380 g/mol. The highest BCUT2D eigenvalue weighted by molar-refractivity contribution is 5.65. The number of rotatable bonds is 2. The summed E-state index contributed by atoms with van der Waals surface area (Å²) < 4.78 is 0. The molecule has 0 aliphatic heterocycles. The molecule has 29 heavy (non-hydrogen) atoms. The lowest BCUT2D eigenvalue weighted by atomic mass is 10.0. The molecule has 4 aromatic rings. The molecule has 0 bridgehead atoms. The summed E-state index contributed by atoms with van der Waals surface area (Å²) in [6.45, 7) is 10.4. The zero-order chi connectivity index (χ0) is 21.1. The minimum absolute atomic E-state index is 1.28. The summed E-state index contributed by atoms with van der Waals surface area (Å²) in [6.07, 6.45) is 0. The fraction of sp³-hybridized carbons (Fsp3) is 0.172. The van der Waals surface area contributed by atoms with Crippen molar-refractivity contribution in [3.8, 4) is 22.3 Å². The van der Waals surface area contributed by atoms with Gasteiger partial charge in [-0.1, -0.05) is 123 Å². The van der Waals surface area contributed by atoms with Crippen molar-refractivity contribution in [1.29, 1.82) is 0 Å². The van der Waals surface area contributed by atoms with E-state index in [1.165, 1.54) is 38.9 Å². The van der Waals surface area contributed by atoms with Crippen molar-refractivity contribution in [2.24, 2.45) is 0 Å². The van der Waals surface area contributed by atoms with Crippen LogP contribution in [0.2, 0.25) is 0 Å². The summed E-state index contributed by atoms with van der Waals surface area (Å²) in [5.74, 6) is 0. The van der Waals surface area contributed by atoms with Crippen LogP contribution in [-0.4, -0.2) is 0 Å². The minimum atomic E-state index is 1.28. The minimum Gasteiger partial charge on any atom is -0.0683 e. The van der Waals surface area contributed by atoms with Gasteiger partial charge in [0.2, 0.25) is 0 Å². The van der Waals surface area contributed by atoms with Crippen LogP contribution >= 0.6 is 0 Å². The fourth-order valence-corrected chi connectivity index (χ4v) is 2.93. The molecule has 0 saturated carbocycles. The number of hydrogen-bond acceptors (Lipinski definition) is 0. The fourth-order valence-electron chi connectivity index (χ4n) is 2.93. The van der Waals surface area contributed by atoms with Gasteiger partial charge in [0.25, 0.3) is 0 Å². The SMILES string of the molecule is CC.Cc1ccc(-c2ccccc2)cc1.Cc1ccc(-c2ccccc2)cc1C. The van der Waals surface area contributed by atoms with Crippen LogP contribution in [0.3, 0.4) is 0 Å². The summed E-state index contributed by atoms with van der Waals surface area (Å²) in [7, 11) is 0. The van der Waals surface area contributed by atoms with Gasteiger partial charge in [-0.2, -0.15) is 0 Å². The standard InChI is InChI=1S/C14H14.C13H12.C2H6/c1-11-8-9-14(10-12(11)2)13-6-4-3-5-7-13;1-11-7-9-13(10-8-11)12-5-3-2-4-6-12;1-2/h3-10H,1-2H3;2-10H,1H3;1-2H3. The van der Waals surface area contributed by atoms with Crippen molar-refractivity contribution in [3.63, 3.8) is 0 Å². The van der Waals surface area contributed by atoms with Gasteiger partial charge >= 0.3 is 0 Å². The van der Waals surface area contributed by atoms with Gasteiger partial charge in [-0.15, -0.1) is 0 Å². The number of benzene rings is 4. The second kappa shape index (κ2) is 11.7. The maximum Gasteiger partial charge on any atom is -0.0181 e. The van der Waals surface area contributed by atoms with Crippen LogP contribution in [0.4, 0.5) is 0 Å². The van der Waals surface area contributed by atoms with Gasteiger partial charge in [-0.3, -0.25) is 0 Å². The molecule has 148 valence electrons. The van der Waals surface area contributed by atoms with Gasteiger partial charge in [-0.05, 0) is 54.2 Å². The Hall–Kier alpha value is -3.12. The topological polar surface area (TPSA) is 0 Å². The second-order valence-electron chi connectivity index (χ2n) is 6.90. The molecule has 0 heteroatoms. The molecule has 0 fully saturated rings. The van der Waals surface area contributed by atoms with Crippen molar-refractivity contribution < 1.29 is 0 Å². The highest BCUT2D eigenvalue weighted by Gasteiger charge is 1.98. The maximum absolute atomic E-state index is 2.24.